The molecule has 9 heteroatoms. The molecule has 1 fully saturated rings. The number of amides is 3. The molecule has 1 saturated heterocycles. The number of imide groups is 1. The Hall–Kier alpha value is -3.59. The van der Waals surface area contributed by atoms with Crippen molar-refractivity contribution in [1.29, 1.82) is 0 Å². The van der Waals surface area contributed by atoms with Crippen molar-refractivity contribution in [3.05, 3.63) is 68.5 Å². The van der Waals surface area contributed by atoms with E-state index in [2.05, 4.69) is 5.32 Å². The molecule has 4 rings (SSSR count). The second-order valence-electron chi connectivity index (χ2n) is 7.76. The molecule has 1 N–H and O–H groups in total. The maximum Gasteiger partial charge on any atom is 0.328 e. The number of fused-ring (bicyclic) bond motifs is 1. The Bertz CT molecular complexity index is 1380. The number of nitrogens with zero attached hydrogens (tertiary/aromatic N) is 3. The molecule has 2 heterocycles. The van der Waals surface area contributed by atoms with Crippen LogP contribution in [0.5, 0.6) is 0 Å². The van der Waals surface area contributed by atoms with E-state index in [9.17, 15) is 19.2 Å². The molecule has 0 atom stereocenters. The minimum absolute atomic E-state index is 0.146. The number of hydrogen-bond acceptors (Lipinski definition) is 5. The summed E-state index contributed by atoms with van der Waals surface area (Å²) in [5.74, 6) is -0.963. The predicted molar refractivity (Wildman–Crippen MR) is 125 cm³/mol. The van der Waals surface area contributed by atoms with E-state index >= 15 is 0 Å². The van der Waals surface area contributed by atoms with Gasteiger partial charge in [0.2, 0.25) is 5.91 Å². The van der Waals surface area contributed by atoms with Crippen LogP contribution >= 0.6 is 11.8 Å². The highest BCUT2D eigenvalue weighted by atomic mass is 32.2. The second-order valence-corrected chi connectivity index (χ2v) is 8.76. The van der Waals surface area contributed by atoms with E-state index in [1.54, 1.807) is 49.0 Å². The fourth-order valence-electron chi connectivity index (χ4n) is 3.56. The lowest BCUT2D eigenvalue weighted by Gasteiger charge is -2.13. The summed E-state index contributed by atoms with van der Waals surface area (Å²) in [5, 5.41) is 2.23. The van der Waals surface area contributed by atoms with E-state index in [0.717, 1.165) is 38.8 Å². The molecule has 0 saturated carbocycles. The molecule has 1 aliphatic heterocycles. The maximum absolute atomic E-state index is 12.8. The third-order valence-corrected chi connectivity index (χ3v) is 6.47. The van der Waals surface area contributed by atoms with Crippen LogP contribution in [-0.2, 0) is 23.7 Å². The van der Waals surface area contributed by atoms with Gasteiger partial charge in [-0.15, -0.1) is 0 Å². The van der Waals surface area contributed by atoms with Gasteiger partial charge in [-0.05, 0) is 72.6 Å². The molecule has 0 unspecified atom stereocenters. The zero-order valence-electron chi connectivity index (χ0n) is 18.1. The van der Waals surface area contributed by atoms with Gasteiger partial charge < -0.3 is 5.32 Å². The van der Waals surface area contributed by atoms with Crippen LogP contribution in [0.4, 0.5) is 10.5 Å². The summed E-state index contributed by atoms with van der Waals surface area (Å²) in [7, 11) is 3.37. The van der Waals surface area contributed by atoms with E-state index in [0.29, 0.717) is 11.3 Å². The van der Waals surface area contributed by atoms with Gasteiger partial charge in [-0.1, -0.05) is 12.1 Å². The molecule has 0 bridgehead atoms. The number of benzene rings is 2. The van der Waals surface area contributed by atoms with Crippen molar-refractivity contribution >= 4 is 51.6 Å². The average molecular weight is 451 g/mol. The van der Waals surface area contributed by atoms with Gasteiger partial charge in [0.25, 0.3) is 11.1 Å². The van der Waals surface area contributed by atoms with Crippen LogP contribution in [0.3, 0.4) is 0 Å². The summed E-state index contributed by atoms with van der Waals surface area (Å²) in [6.45, 7) is 3.56. The highest BCUT2D eigenvalue weighted by molar-refractivity contribution is 8.18. The fourth-order valence-corrected chi connectivity index (χ4v) is 4.40. The highest BCUT2D eigenvalue weighted by Crippen LogP contribution is 2.32. The van der Waals surface area contributed by atoms with Crippen LogP contribution < -0.4 is 11.0 Å². The van der Waals surface area contributed by atoms with E-state index in [-0.39, 0.29) is 17.1 Å². The molecular weight excluding hydrogens is 428 g/mol. The highest BCUT2D eigenvalue weighted by Gasteiger charge is 2.36. The fraction of sp³-hybridized carbons (Fsp3) is 0.217. The van der Waals surface area contributed by atoms with Crippen LogP contribution in [-0.4, -0.2) is 37.6 Å². The molecule has 3 aromatic rings. The van der Waals surface area contributed by atoms with Gasteiger partial charge in [-0.3, -0.25) is 28.4 Å². The first-order chi connectivity index (χ1) is 15.2. The van der Waals surface area contributed by atoms with Crippen molar-refractivity contribution in [1.82, 2.24) is 14.0 Å². The van der Waals surface area contributed by atoms with Gasteiger partial charge in [-0.25, -0.2) is 4.79 Å². The number of thioether (sulfide) groups is 1. The first kappa shape index (κ1) is 21.6. The average Bonchev–Trinajstić information content (AvgIpc) is 3.13. The van der Waals surface area contributed by atoms with Crippen LogP contribution in [0.25, 0.3) is 17.1 Å². The third-order valence-electron chi connectivity index (χ3n) is 5.56. The molecule has 0 spiro atoms. The Kier molecular flexibility index (Phi) is 5.52. The topological polar surface area (TPSA) is 93.4 Å². The Labute approximate surface area is 188 Å². The molecular formula is C23H22N4O4S. The summed E-state index contributed by atoms with van der Waals surface area (Å²) in [6.07, 6.45) is 1.60. The Balaban J connectivity index is 1.52. The van der Waals surface area contributed by atoms with Crippen molar-refractivity contribution in [2.45, 2.75) is 13.8 Å². The van der Waals surface area contributed by atoms with Gasteiger partial charge in [-0.2, -0.15) is 0 Å². The van der Waals surface area contributed by atoms with E-state index in [1.165, 1.54) is 4.57 Å². The van der Waals surface area contributed by atoms with Crippen LogP contribution in [0.1, 0.15) is 16.7 Å². The number of imidazole rings is 1. The standard InChI is InChI=1S/C23H22N4O4S/c1-13-5-7-16(9-14(13)2)24-20(28)12-27-21(29)19(32-23(27)31)11-15-6-8-17-18(10-15)26(4)22(30)25(17)3/h5-11H,12H2,1-4H3,(H,24,28)/b19-11+. The number of carbonyl (C=O) groups excluding carboxylic acids is 3. The molecule has 164 valence electrons. The summed E-state index contributed by atoms with van der Waals surface area (Å²) < 4.78 is 3.07. The van der Waals surface area contributed by atoms with E-state index < -0.39 is 17.1 Å². The zero-order valence-corrected chi connectivity index (χ0v) is 18.9. The Morgan fingerprint density at radius 1 is 0.969 bits per heavy atom. The molecule has 2 aromatic carbocycles. The van der Waals surface area contributed by atoms with Gasteiger partial charge in [0.05, 0.1) is 15.9 Å². The third kappa shape index (κ3) is 3.87. The lowest BCUT2D eigenvalue weighted by molar-refractivity contribution is -0.127. The largest absolute Gasteiger partial charge is 0.328 e. The van der Waals surface area contributed by atoms with Crippen molar-refractivity contribution < 1.29 is 14.4 Å². The SMILES string of the molecule is Cc1ccc(NC(=O)CN2C(=O)S/C(=C/c3ccc4c(c3)n(C)c(=O)n4C)C2=O)cc1C. The number of carbonyl (C=O) groups is 3. The monoisotopic (exact) mass is 450 g/mol. The molecule has 1 aliphatic rings. The summed E-state index contributed by atoms with van der Waals surface area (Å²) in [4.78, 5) is 50.9. The summed E-state index contributed by atoms with van der Waals surface area (Å²) in [5.41, 5.74) is 4.78. The smallest absolute Gasteiger partial charge is 0.325 e. The normalized spacial score (nSPS) is 15.2. The minimum Gasteiger partial charge on any atom is -0.325 e. The molecule has 3 amide bonds. The zero-order chi connectivity index (χ0) is 23.2. The molecule has 1 aromatic heterocycles. The lowest BCUT2D eigenvalue weighted by Crippen LogP contribution is -2.36. The van der Waals surface area contributed by atoms with Crippen LogP contribution in [0, 0.1) is 13.8 Å². The number of aromatic nitrogens is 2. The first-order valence-corrected chi connectivity index (χ1v) is 10.8. The molecule has 0 radical (unpaired) electrons. The van der Waals surface area contributed by atoms with Crippen molar-refractivity contribution in [2.75, 3.05) is 11.9 Å². The van der Waals surface area contributed by atoms with Gasteiger partial charge in [0.1, 0.15) is 6.54 Å². The number of hydrogen-bond donors (Lipinski definition) is 1. The van der Waals surface area contributed by atoms with Crippen LogP contribution in [0.15, 0.2) is 46.1 Å². The van der Waals surface area contributed by atoms with Crippen molar-refractivity contribution in [3.8, 4) is 0 Å². The summed E-state index contributed by atoms with van der Waals surface area (Å²) >= 11 is 0.792. The Morgan fingerprint density at radius 3 is 2.41 bits per heavy atom. The van der Waals surface area contributed by atoms with E-state index in [1.807, 2.05) is 26.0 Å². The summed E-state index contributed by atoms with van der Waals surface area (Å²) in [6, 6.07) is 10.9. The minimum atomic E-state index is -0.516. The molecule has 0 aliphatic carbocycles. The molecule has 32 heavy (non-hydrogen) atoms. The molecule has 8 nitrogen and oxygen atoms in total. The van der Waals surface area contributed by atoms with Crippen molar-refractivity contribution in [3.63, 3.8) is 0 Å². The number of anilines is 1. The number of nitrogens with one attached hydrogen (secondary N) is 1. The second kappa shape index (κ2) is 8.16. The van der Waals surface area contributed by atoms with Crippen LogP contribution in [0.2, 0.25) is 0 Å². The number of rotatable bonds is 4. The Morgan fingerprint density at radius 2 is 1.69 bits per heavy atom. The van der Waals surface area contributed by atoms with Gasteiger partial charge in [0, 0.05) is 19.8 Å². The quantitative estimate of drug-likeness (QED) is 0.617. The van der Waals surface area contributed by atoms with E-state index in [4.69, 9.17) is 0 Å². The first-order valence-electron chi connectivity index (χ1n) is 9.93. The maximum atomic E-state index is 12.8. The predicted octanol–water partition coefficient (Wildman–Crippen LogP) is 3.17. The number of aryl methyl sites for hydroxylation is 4. The van der Waals surface area contributed by atoms with Gasteiger partial charge in [0.15, 0.2) is 0 Å². The van der Waals surface area contributed by atoms with Gasteiger partial charge >= 0.3 is 5.69 Å². The lowest BCUT2D eigenvalue weighted by atomic mass is 10.1. The van der Waals surface area contributed by atoms with Crippen molar-refractivity contribution in [2.24, 2.45) is 14.1 Å².